The van der Waals surface area contributed by atoms with Gasteiger partial charge in [-0.25, -0.2) is 9.79 Å². The Morgan fingerprint density at radius 2 is 1.91 bits per heavy atom. The number of esters is 1. The molecule has 1 aromatic heterocycles. The van der Waals surface area contributed by atoms with Crippen LogP contribution in [0.3, 0.4) is 0 Å². The first-order valence-corrected chi connectivity index (χ1v) is 12.6. The average Bonchev–Trinajstić information content (AvgIpc) is 3.12. The van der Waals surface area contributed by atoms with E-state index < -0.39 is 12.0 Å². The van der Waals surface area contributed by atoms with Crippen LogP contribution in [0.2, 0.25) is 5.02 Å². The van der Waals surface area contributed by atoms with Gasteiger partial charge >= 0.3 is 5.97 Å². The van der Waals surface area contributed by atoms with Gasteiger partial charge in [0, 0.05) is 10.6 Å². The van der Waals surface area contributed by atoms with Crippen LogP contribution < -0.4 is 24.4 Å². The van der Waals surface area contributed by atoms with Crippen molar-refractivity contribution in [1.82, 2.24) is 4.57 Å². The lowest BCUT2D eigenvalue weighted by atomic mass is 9.96. The highest BCUT2D eigenvalue weighted by Gasteiger charge is 2.33. The van der Waals surface area contributed by atoms with Gasteiger partial charge in [-0.15, -0.1) is 0 Å². The summed E-state index contributed by atoms with van der Waals surface area (Å²) in [5.74, 6) is 0.698. The monoisotopic (exact) mass is 576 g/mol. The van der Waals surface area contributed by atoms with Gasteiger partial charge < -0.3 is 14.2 Å². The molecule has 0 saturated heterocycles. The summed E-state index contributed by atoms with van der Waals surface area (Å²) in [5, 5.41) is 0.520. The summed E-state index contributed by atoms with van der Waals surface area (Å²) in [5.41, 5.74) is 1.89. The number of allylic oxidation sites excluding steroid dienone is 1. The van der Waals surface area contributed by atoms with Crippen molar-refractivity contribution in [3.63, 3.8) is 0 Å². The van der Waals surface area contributed by atoms with Crippen molar-refractivity contribution in [2.45, 2.75) is 19.9 Å². The molecule has 7 nitrogen and oxygen atoms in total. The Kier molecular flexibility index (Phi) is 7.49. The first-order chi connectivity index (χ1) is 16.8. The molecule has 0 amide bonds. The first kappa shape index (κ1) is 25.2. The Balaban J connectivity index is 1.98. The number of methoxy groups -OCH3 is 2. The summed E-state index contributed by atoms with van der Waals surface area (Å²) >= 11 is 10.9. The Morgan fingerprint density at radius 3 is 2.57 bits per heavy atom. The molecule has 0 spiro atoms. The molecule has 2 heterocycles. The third-order valence-corrected chi connectivity index (χ3v) is 7.32. The van der Waals surface area contributed by atoms with Crippen LogP contribution in [0.1, 0.15) is 31.0 Å². The summed E-state index contributed by atoms with van der Waals surface area (Å²) in [6, 6.07) is 9.90. The van der Waals surface area contributed by atoms with Crippen LogP contribution in [-0.2, 0) is 9.53 Å². The van der Waals surface area contributed by atoms with Crippen LogP contribution in [0.15, 0.2) is 61.9 Å². The number of carbonyl (C=O) groups excluding carboxylic acids is 1. The highest BCUT2D eigenvalue weighted by atomic mass is 79.9. The molecule has 2 aromatic carbocycles. The molecule has 1 aliphatic heterocycles. The lowest BCUT2D eigenvalue weighted by molar-refractivity contribution is -0.139. The number of carbonyl (C=O) groups is 1. The molecule has 4 rings (SSSR count). The maximum atomic E-state index is 13.7. The van der Waals surface area contributed by atoms with Crippen molar-refractivity contribution < 1.29 is 19.0 Å². The molecule has 3 aromatic rings. The topological polar surface area (TPSA) is 79.1 Å². The van der Waals surface area contributed by atoms with E-state index in [1.807, 2.05) is 12.1 Å². The van der Waals surface area contributed by atoms with Gasteiger partial charge in [0.25, 0.3) is 5.56 Å². The normalized spacial score (nSPS) is 15.5. The van der Waals surface area contributed by atoms with Crippen molar-refractivity contribution in [2.75, 3.05) is 20.8 Å². The lowest BCUT2D eigenvalue weighted by Gasteiger charge is -2.25. The maximum absolute atomic E-state index is 13.7. The van der Waals surface area contributed by atoms with Crippen molar-refractivity contribution in [1.29, 1.82) is 0 Å². The second-order valence-electron chi connectivity index (χ2n) is 7.58. The highest BCUT2D eigenvalue weighted by molar-refractivity contribution is 9.10. The highest BCUT2D eigenvalue weighted by Crippen LogP contribution is 2.35. The molecule has 1 atom stereocenters. The molecule has 0 fully saturated rings. The Hall–Kier alpha value is -2.88. The molecule has 1 aliphatic rings. The Morgan fingerprint density at radius 1 is 1.20 bits per heavy atom. The van der Waals surface area contributed by atoms with E-state index >= 15 is 0 Å². The van der Waals surface area contributed by atoms with Crippen LogP contribution in [0, 0.1) is 0 Å². The fraction of sp³-hybridized carbons (Fsp3) is 0.240. The van der Waals surface area contributed by atoms with E-state index in [4.69, 9.17) is 25.8 Å². The van der Waals surface area contributed by atoms with E-state index in [0.29, 0.717) is 52.7 Å². The second-order valence-corrected chi connectivity index (χ2v) is 9.88. The predicted molar refractivity (Wildman–Crippen MR) is 139 cm³/mol. The van der Waals surface area contributed by atoms with Crippen molar-refractivity contribution in [3.8, 4) is 11.5 Å². The number of nitrogens with zero attached hydrogens (tertiary/aromatic N) is 2. The minimum Gasteiger partial charge on any atom is -0.496 e. The van der Waals surface area contributed by atoms with Crippen LogP contribution >= 0.6 is 38.9 Å². The Bertz CT molecular complexity index is 1530. The lowest BCUT2D eigenvalue weighted by Crippen LogP contribution is -2.40. The third kappa shape index (κ3) is 4.80. The number of benzene rings is 2. The number of rotatable bonds is 6. The third-order valence-electron chi connectivity index (χ3n) is 5.49. The van der Waals surface area contributed by atoms with E-state index in [2.05, 4.69) is 20.9 Å². The molecule has 0 saturated carbocycles. The van der Waals surface area contributed by atoms with Gasteiger partial charge in [-0.3, -0.25) is 9.36 Å². The number of hydrogen-bond acceptors (Lipinski definition) is 7. The molecule has 0 aliphatic carbocycles. The minimum atomic E-state index is -0.726. The minimum absolute atomic E-state index is 0.202. The van der Waals surface area contributed by atoms with Gasteiger partial charge in [-0.1, -0.05) is 29.0 Å². The van der Waals surface area contributed by atoms with Gasteiger partial charge in [0.2, 0.25) is 0 Å². The number of fused-ring (bicyclic) bond motifs is 1. The molecule has 35 heavy (non-hydrogen) atoms. The summed E-state index contributed by atoms with van der Waals surface area (Å²) in [6.07, 6.45) is 1.72. The zero-order valence-electron chi connectivity index (χ0n) is 19.4. The molecular formula is C25H22BrClN2O5S. The first-order valence-electron chi connectivity index (χ1n) is 10.7. The van der Waals surface area contributed by atoms with E-state index in [9.17, 15) is 9.59 Å². The van der Waals surface area contributed by atoms with E-state index in [-0.39, 0.29) is 12.2 Å². The summed E-state index contributed by atoms with van der Waals surface area (Å²) < 4.78 is 18.8. The number of thiazole rings is 1. The molecule has 0 bridgehead atoms. The maximum Gasteiger partial charge on any atom is 0.338 e. The molecule has 10 heteroatoms. The van der Waals surface area contributed by atoms with Crippen molar-refractivity contribution in [2.24, 2.45) is 4.99 Å². The van der Waals surface area contributed by atoms with Crippen LogP contribution in [0.4, 0.5) is 0 Å². The fourth-order valence-electron chi connectivity index (χ4n) is 3.92. The Labute approximate surface area is 219 Å². The molecule has 0 N–H and O–H groups in total. The van der Waals surface area contributed by atoms with Gasteiger partial charge in [0.1, 0.15) is 11.5 Å². The molecular weight excluding hydrogens is 556 g/mol. The van der Waals surface area contributed by atoms with E-state index in [1.165, 1.54) is 15.9 Å². The van der Waals surface area contributed by atoms with Gasteiger partial charge in [0.15, 0.2) is 4.80 Å². The van der Waals surface area contributed by atoms with E-state index in [0.717, 1.165) is 0 Å². The predicted octanol–water partition coefficient (Wildman–Crippen LogP) is 4.23. The average molecular weight is 578 g/mol. The number of halogens is 2. The SMILES string of the molecule is CCOC(=O)C1=C(C)N=c2s/c(=C/c3cc(Cl)ccc3OC)c(=O)n2[C@H]1c1ccc(OC)c(Br)c1. The van der Waals surface area contributed by atoms with Crippen molar-refractivity contribution in [3.05, 3.63) is 88.0 Å². The standard InChI is InChI=1S/C25H22BrClN2O5S/c1-5-34-24(31)21-13(2)28-25-29(22(21)14-6-8-19(33-4)17(26)11-14)23(30)20(35-25)12-15-10-16(27)7-9-18(15)32-3/h6-12,22H,5H2,1-4H3/b20-12+/t22-/m0/s1. The number of ether oxygens (including phenoxy) is 3. The smallest absolute Gasteiger partial charge is 0.338 e. The van der Waals surface area contributed by atoms with Crippen LogP contribution in [0.5, 0.6) is 11.5 Å². The summed E-state index contributed by atoms with van der Waals surface area (Å²) in [6.45, 7) is 3.68. The molecule has 182 valence electrons. The largest absolute Gasteiger partial charge is 0.496 e. The fourth-order valence-corrected chi connectivity index (χ4v) is 5.70. The quantitative estimate of drug-likeness (QED) is 0.410. The zero-order valence-corrected chi connectivity index (χ0v) is 22.6. The number of hydrogen-bond donors (Lipinski definition) is 0. The van der Waals surface area contributed by atoms with Crippen molar-refractivity contribution >= 4 is 50.9 Å². The van der Waals surface area contributed by atoms with Crippen LogP contribution in [0.25, 0.3) is 6.08 Å². The van der Waals surface area contributed by atoms with Gasteiger partial charge in [0.05, 0.1) is 47.1 Å². The second kappa shape index (κ2) is 10.4. The summed E-state index contributed by atoms with van der Waals surface area (Å²) in [4.78, 5) is 31.8. The van der Waals surface area contributed by atoms with E-state index in [1.54, 1.807) is 58.4 Å². The summed E-state index contributed by atoms with van der Waals surface area (Å²) in [7, 11) is 3.12. The van der Waals surface area contributed by atoms with Gasteiger partial charge in [-0.05, 0) is 71.7 Å². The van der Waals surface area contributed by atoms with Gasteiger partial charge in [-0.2, -0.15) is 0 Å². The number of aromatic nitrogens is 1. The zero-order chi connectivity index (χ0) is 25.3. The van der Waals surface area contributed by atoms with Crippen LogP contribution in [-0.4, -0.2) is 31.4 Å². The molecule has 0 unspecified atom stereocenters. The molecule has 0 radical (unpaired) electrons.